The number of unbranched alkanes of at least 4 members (excludes halogenated alkanes) is 3. The van der Waals surface area contributed by atoms with Crippen molar-refractivity contribution in [1.82, 2.24) is 9.97 Å². The molecule has 0 atom stereocenters. The third-order valence-corrected chi connectivity index (χ3v) is 2.73. The summed E-state index contributed by atoms with van der Waals surface area (Å²) in [5, 5.41) is 3.23. The van der Waals surface area contributed by atoms with Gasteiger partial charge in [-0.2, -0.15) is 4.98 Å². The summed E-state index contributed by atoms with van der Waals surface area (Å²) in [5.74, 6) is 2.04. The maximum atomic E-state index is 5.63. The van der Waals surface area contributed by atoms with E-state index in [9.17, 15) is 0 Å². The molecule has 5 heteroatoms. The first-order valence-corrected chi connectivity index (χ1v) is 7.08. The van der Waals surface area contributed by atoms with Gasteiger partial charge >= 0.3 is 0 Å². The molecule has 0 aromatic carbocycles. The Balaban J connectivity index is 2.32. The molecule has 0 fully saturated rings. The van der Waals surface area contributed by atoms with Crippen LogP contribution in [0.5, 0.6) is 5.88 Å². The minimum Gasteiger partial charge on any atom is -0.478 e. The van der Waals surface area contributed by atoms with Crippen LogP contribution in [-0.2, 0) is 0 Å². The van der Waals surface area contributed by atoms with Gasteiger partial charge in [0.1, 0.15) is 0 Å². The average molecular weight is 272 g/mol. The van der Waals surface area contributed by atoms with Crippen LogP contribution in [0.2, 0.25) is 0 Å². The normalized spacial score (nSPS) is 10.4. The summed E-state index contributed by atoms with van der Waals surface area (Å²) in [6.45, 7) is 5.39. The molecule has 0 saturated carbocycles. The molecule has 0 bridgehead atoms. The van der Waals surface area contributed by atoms with Crippen LogP contribution >= 0.6 is 11.6 Å². The number of nitrogens with zero attached hydrogens (tertiary/aromatic N) is 2. The van der Waals surface area contributed by atoms with Gasteiger partial charge in [-0.3, -0.25) is 0 Å². The number of anilines is 1. The molecule has 0 spiro atoms. The molecule has 4 nitrogen and oxygen atoms in total. The molecule has 0 radical (unpaired) electrons. The van der Waals surface area contributed by atoms with Crippen molar-refractivity contribution in [3.63, 3.8) is 0 Å². The fourth-order valence-electron chi connectivity index (χ4n) is 1.61. The summed E-state index contributed by atoms with van der Waals surface area (Å²) < 4.78 is 5.38. The smallest absolute Gasteiger partial charge is 0.226 e. The highest BCUT2D eigenvalue weighted by atomic mass is 35.5. The Morgan fingerprint density at radius 3 is 2.72 bits per heavy atom. The molecular weight excluding hydrogens is 250 g/mol. The van der Waals surface area contributed by atoms with Gasteiger partial charge in [0.15, 0.2) is 0 Å². The molecule has 0 aliphatic heterocycles. The summed E-state index contributed by atoms with van der Waals surface area (Å²) in [4.78, 5) is 8.62. The quantitative estimate of drug-likeness (QED) is 0.552. The third kappa shape index (κ3) is 6.05. The average Bonchev–Trinajstić information content (AvgIpc) is 2.33. The zero-order chi connectivity index (χ0) is 13.2. The number of aromatic nitrogens is 2. The van der Waals surface area contributed by atoms with Crippen molar-refractivity contribution < 1.29 is 4.74 Å². The molecule has 1 aromatic heterocycles. The van der Waals surface area contributed by atoms with Gasteiger partial charge in [0.05, 0.1) is 6.61 Å². The number of ether oxygens (including phenoxy) is 1. The van der Waals surface area contributed by atoms with E-state index in [0.717, 1.165) is 31.0 Å². The van der Waals surface area contributed by atoms with Gasteiger partial charge in [0.25, 0.3) is 0 Å². The van der Waals surface area contributed by atoms with E-state index in [4.69, 9.17) is 16.3 Å². The molecule has 0 amide bonds. The largest absolute Gasteiger partial charge is 0.478 e. The summed E-state index contributed by atoms with van der Waals surface area (Å²) in [7, 11) is 0. The Morgan fingerprint density at radius 2 is 2.00 bits per heavy atom. The number of nitrogens with one attached hydrogen (secondary N) is 1. The number of hydrogen-bond donors (Lipinski definition) is 1. The topological polar surface area (TPSA) is 47.0 Å². The molecule has 0 aliphatic carbocycles. The molecule has 18 heavy (non-hydrogen) atoms. The lowest BCUT2D eigenvalue weighted by Crippen LogP contribution is -2.07. The van der Waals surface area contributed by atoms with Crippen molar-refractivity contribution in [2.75, 3.05) is 24.3 Å². The maximum Gasteiger partial charge on any atom is 0.226 e. The Bertz CT molecular complexity index is 347. The minimum absolute atomic E-state index is 0.619. The van der Waals surface area contributed by atoms with Gasteiger partial charge in [-0.05, 0) is 26.7 Å². The van der Waals surface area contributed by atoms with Crippen molar-refractivity contribution in [2.24, 2.45) is 0 Å². The van der Waals surface area contributed by atoms with Gasteiger partial charge in [-0.15, -0.1) is 11.6 Å². The standard InChI is InChI=1S/C13H22ClN3O/c1-3-18-12-10-11(2)16-13(17-12)15-9-7-5-4-6-8-14/h10H,3-9H2,1-2H3,(H,15,16,17). The fourth-order valence-corrected chi connectivity index (χ4v) is 1.80. The van der Waals surface area contributed by atoms with E-state index in [1.54, 1.807) is 0 Å². The SMILES string of the molecule is CCOc1cc(C)nc(NCCCCCCCl)n1. The summed E-state index contributed by atoms with van der Waals surface area (Å²) in [6.07, 6.45) is 4.57. The van der Waals surface area contributed by atoms with Crippen LogP contribution < -0.4 is 10.1 Å². The van der Waals surface area contributed by atoms with E-state index in [-0.39, 0.29) is 0 Å². The van der Waals surface area contributed by atoms with Crippen LogP contribution in [0.25, 0.3) is 0 Å². The van der Waals surface area contributed by atoms with E-state index >= 15 is 0 Å². The van der Waals surface area contributed by atoms with Gasteiger partial charge in [0, 0.05) is 24.2 Å². The van der Waals surface area contributed by atoms with Gasteiger partial charge in [-0.1, -0.05) is 12.8 Å². The first kappa shape index (κ1) is 15.0. The third-order valence-electron chi connectivity index (χ3n) is 2.47. The summed E-state index contributed by atoms with van der Waals surface area (Å²) in [6, 6.07) is 1.84. The predicted molar refractivity (Wildman–Crippen MR) is 75.6 cm³/mol. The highest BCUT2D eigenvalue weighted by Crippen LogP contribution is 2.12. The molecule has 1 heterocycles. The minimum atomic E-state index is 0.619. The Labute approximate surface area is 114 Å². The number of hydrogen-bond acceptors (Lipinski definition) is 4. The molecule has 1 rings (SSSR count). The van der Waals surface area contributed by atoms with Crippen molar-refractivity contribution in [1.29, 1.82) is 0 Å². The van der Waals surface area contributed by atoms with Crippen LogP contribution in [-0.4, -0.2) is 29.0 Å². The highest BCUT2D eigenvalue weighted by Gasteiger charge is 2.01. The predicted octanol–water partition coefficient (Wildman–Crippen LogP) is 3.39. The van der Waals surface area contributed by atoms with Crippen molar-refractivity contribution in [3.05, 3.63) is 11.8 Å². The molecule has 0 aliphatic rings. The summed E-state index contributed by atoms with van der Waals surface area (Å²) in [5.41, 5.74) is 0.915. The molecule has 0 unspecified atom stereocenters. The van der Waals surface area contributed by atoms with Crippen LogP contribution in [0.1, 0.15) is 38.3 Å². The fraction of sp³-hybridized carbons (Fsp3) is 0.692. The second kappa shape index (κ2) is 8.97. The van der Waals surface area contributed by atoms with Crippen LogP contribution in [0.3, 0.4) is 0 Å². The van der Waals surface area contributed by atoms with E-state index in [1.807, 2.05) is 19.9 Å². The lowest BCUT2D eigenvalue weighted by Gasteiger charge is -2.08. The Morgan fingerprint density at radius 1 is 1.22 bits per heavy atom. The van der Waals surface area contributed by atoms with Crippen molar-refractivity contribution >= 4 is 17.5 Å². The number of alkyl halides is 1. The zero-order valence-electron chi connectivity index (χ0n) is 11.2. The first-order valence-electron chi connectivity index (χ1n) is 6.54. The van der Waals surface area contributed by atoms with Crippen molar-refractivity contribution in [2.45, 2.75) is 39.5 Å². The van der Waals surface area contributed by atoms with Crippen LogP contribution in [0.4, 0.5) is 5.95 Å². The molecular formula is C13H22ClN3O. The maximum absolute atomic E-state index is 5.63. The number of halogens is 1. The highest BCUT2D eigenvalue weighted by molar-refractivity contribution is 6.17. The number of aryl methyl sites for hydroxylation is 1. The van der Waals surface area contributed by atoms with E-state index in [0.29, 0.717) is 18.4 Å². The molecule has 1 aromatic rings. The van der Waals surface area contributed by atoms with E-state index in [1.165, 1.54) is 12.8 Å². The van der Waals surface area contributed by atoms with E-state index < -0.39 is 0 Å². The molecule has 0 saturated heterocycles. The lowest BCUT2D eigenvalue weighted by molar-refractivity contribution is 0.326. The second-order valence-corrected chi connectivity index (χ2v) is 4.51. The Hall–Kier alpha value is -1.03. The number of rotatable bonds is 9. The van der Waals surface area contributed by atoms with Gasteiger partial charge < -0.3 is 10.1 Å². The lowest BCUT2D eigenvalue weighted by atomic mass is 10.2. The second-order valence-electron chi connectivity index (χ2n) is 4.13. The monoisotopic (exact) mass is 271 g/mol. The molecule has 102 valence electrons. The van der Waals surface area contributed by atoms with Gasteiger partial charge in [-0.25, -0.2) is 4.98 Å². The first-order chi connectivity index (χ1) is 8.76. The van der Waals surface area contributed by atoms with E-state index in [2.05, 4.69) is 15.3 Å². The van der Waals surface area contributed by atoms with Crippen LogP contribution in [0, 0.1) is 6.92 Å². The van der Waals surface area contributed by atoms with Crippen LogP contribution in [0.15, 0.2) is 6.07 Å². The molecule has 1 N–H and O–H groups in total. The Kier molecular flexibility index (Phi) is 7.49. The van der Waals surface area contributed by atoms with Crippen molar-refractivity contribution in [3.8, 4) is 5.88 Å². The summed E-state index contributed by atoms with van der Waals surface area (Å²) >= 11 is 5.63. The zero-order valence-corrected chi connectivity index (χ0v) is 12.0. The van der Waals surface area contributed by atoms with Gasteiger partial charge in [0.2, 0.25) is 11.8 Å².